The Kier molecular flexibility index (Phi) is 2.86. The van der Waals surface area contributed by atoms with Crippen LogP contribution in [0.5, 0.6) is 11.5 Å². The van der Waals surface area contributed by atoms with Crippen molar-refractivity contribution in [1.82, 2.24) is 4.90 Å². The summed E-state index contributed by atoms with van der Waals surface area (Å²) in [5.74, 6) is 1.49. The predicted molar refractivity (Wildman–Crippen MR) is 66.9 cm³/mol. The number of likely N-dealkylation sites (tertiary alicyclic amines) is 1. The standard InChI is InChI=1S/C14H17NO3/c1-10-17-12-6-5-11(9-13(12)18-10)14(16)15-7-3-2-4-8-15/h5-6,9-10H,2-4,7-8H2,1H3. The molecular formula is C14H17NO3. The zero-order valence-electron chi connectivity index (χ0n) is 10.5. The van der Waals surface area contributed by atoms with Gasteiger partial charge in [0.15, 0.2) is 11.5 Å². The van der Waals surface area contributed by atoms with Gasteiger partial charge in [-0.2, -0.15) is 0 Å². The van der Waals surface area contributed by atoms with Gasteiger partial charge in [0.05, 0.1) is 0 Å². The van der Waals surface area contributed by atoms with E-state index >= 15 is 0 Å². The van der Waals surface area contributed by atoms with Crippen LogP contribution in [-0.4, -0.2) is 30.2 Å². The lowest BCUT2D eigenvalue weighted by Gasteiger charge is -2.26. The molecule has 0 spiro atoms. The van der Waals surface area contributed by atoms with Crippen LogP contribution in [0.15, 0.2) is 18.2 Å². The fourth-order valence-electron chi connectivity index (χ4n) is 2.49. The number of benzene rings is 1. The average Bonchev–Trinajstić information content (AvgIpc) is 2.78. The monoisotopic (exact) mass is 247 g/mol. The third-order valence-corrected chi connectivity index (χ3v) is 3.42. The van der Waals surface area contributed by atoms with E-state index in [9.17, 15) is 4.79 Å². The summed E-state index contributed by atoms with van der Waals surface area (Å²) >= 11 is 0. The molecule has 1 amide bonds. The fraction of sp³-hybridized carbons (Fsp3) is 0.500. The lowest BCUT2D eigenvalue weighted by Crippen LogP contribution is -2.35. The molecule has 2 heterocycles. The van der Waals surface area contributed by atoms with Gasteiger partial charge in [-0.15, -0.1) is 0 Å². The van der Waals surface area contributed by atoms with Crippen molar-refractivity contribution in [1.29, 1.82) is 0 Å². The highest BCUT2D eigenvalue weighted by atomic mass is 16.7. The molecule has 0 aliphatic carbocycles. The Hall–Kier alpha value is -1.71. The molecule has 0 bridgehead atoms. The molecule has 1 saturated heterocycles. The number of carbonyl (C=O) groups excluding carboxylic acids is 1. The number of amides is 1. The summed E-state index contributed by atoms with van der Waals surface area (Å²) in [6.45, 7) is 3.57. The third-order valence-electron chi connectivity index (χ3n) is 3.42. The van der Waals surface area contributed by atoms with Gasteiger partial charge in [0, 0.05) is 25.6 Å². The van der Waals surface area contributed by atoms with E-state index in [0.717, 1.165) is 31.7 Å². The maximum absolute atomic E-state index is 12.3. The summed E-state index contributed by atoms with van der Waals surface area (Å²) in [7, 11) is 0. The second-order valence-electron chi connectivity index (χ2n) is 4.82. The van der Waals surface area contributed by atoms with Crippen molar-refractivity contribution in [2.24, 2.45) is 0 Å². The molecule has 96 valence electrons. The van der Waals surface area contributed by atoms with E-state index in [1.165, 1.54) is 6.42 Å². The highest BCUT2D eigenvalue weighted by Gasteiger charge is 2.24. The number of ether oxygens (including phenoxy) is 2. The first-order chi connectivity index (χ1) is 8.74. The number of piperidine rings is 1. The lowest BCUT2D eigenvalue weighted by molar-refractivity contribution is 0.0672. The Bertz CT molecular complexity index is 466. The van der Waals surface area contributed by atoms with Crippen molar-refractivity contribution >= 4 is 5.91 Å². The van der Waals surface area contributed by atoms with Gasteiger partial charge < -0.3 is 14.4 Å². The topological polar surface area (TPSA) is 38.8 Å². The molecule has 4 heteroatoms. The molecule has 1 fully saturated rings. The van der Waals surface area contributed by atoms with E-state index in [0.29, 0.717) is 11.3 Å². The van der Waals surface area contributed by atoms with Gasteiger partial charge in [-0.25, -0.2) is 0 Å². The van der Waals surface area contributed by atoms with Crippen LogP contribution in [0.3, 0.4) is 0 Å². The Morgan fingerprint density at radius 2 is 1.89 bits per heavy atom. The molecule has 0 aromatic heterocycles. The quantitative estimate of drug-likeness (QED) is 0.765. The Labute approximate surface area is 106 Å². The molecule has 4 nitrogen and oxygen atoms in total. The molecule has 2 aliphatic heterocycles. The summed E-state index contributed by atoms with van der Waals surface area (Å²) in [6, 6.07) is 5.42. The maximum atomic E-state index is 12.3. The normalized spacial score (nSPS) is 22.1. The van der Waals surface area contributed by atoms with E-state index in [4.69, 9.17) is 9.47 Å². The number of hydrogen-bond acceptors (Lipinski definition) is 3. The van der Waals surface area contributed by atoms with Gasteiger partial charge >= 0.3 is 0 Å². The molecule has 1 atom stereocenters. The van der Waals surface area contributed by atoms with Crippen molar-refractivity contribution in [2.45, 2.75) is 32.5 Å². The van der Waals surface area contributed by atoms with Crippen LogP contribution in [0.2, 0.25) is 0 Å². The number of carbonyl (C=O) groups is 1. The van der Waals surface area contributed by atoms with Crippen molar-refractivity contribution in [3.63, 3.8) is 0 Å². The molecule has 2 aliphatic rings. The van der Waals surface area contributed by atoms with Gasteiger partial charge in [-0.05, 0) is 37.5 Å². The van der Waals surface area contributed by atoms with Crippen molar-refractivity contribution < 1.29 is 14.3 Å². The molecular weight excluding hydrogens is 230 g/mol. The molecule has 1 unspecified atom stereocenters. The van der Waals surface area contributed by atoms with E-state index in [-0.39, 0.29) is 12.2 Å². The molecule has 18 heavy (non-hydrogen) atoms. The van der Waals surface area contributed by atoms with E-state index in [1.54, 1.807) is 6.07 Å². The van der Waals surface area contributed by atoms with Crippen LogP contribution in [0, 0.1) is 0 Å². The number of nitrogens with zero attached hydrogens (tertiary/aromatic N) is 1. The fourth-order valence-corrected chi connectivity index (χ4v) is 2.49. The summed E-state index contributed by atoms with van der Waals surface area (Å²) < 4.78 is 10.9. The maximum Gasteiger partial charge on any atom is 0.253 e. The van der Waals surface area contributed by atoms with Crippen LogP contribution < -0.4 is 9.47 Å². The highest BCUT2D eigenvalue weighted by Crippen LogP contribution is 2.35. The van der Waals surface area contributed by atoms with E-state index in [1.807, 2.05) is 24.0 Å². The van der Waals surface area contributed by atoms with Crippen LogP contribution >= 0.6 is 0 Å². The second kappa shape index (κ2) is 4.52. The minimum absolute atomic E-state index is 0.0978. The lowest BCUT2D eigenvalue weighted by atomic mass is 10.1. The van der Waals surface area contributed by atoms with E-state index < -0.39 is 0 Å². The Morgan fingerprint density at radius 1 is 1.17 bits per heavy atom. The van der Waals surface area contributed by atoms with Gasteiger partial charge in [-0.3, -0.25) is 4.79 Å². The van der Waals surface area contributed by atoms with Gasteiger partial charge in [0.25, 0.3) is 5.91 Å². The smallest absolute Gasteiger partial charge is 0.253 e. The second-order valence-corrected chi connectivity index (χ2v) is 4.82. The molecule has 3 rings (SSSR count). The average molecular weight is 247 g/mol. The number of hydrogen-bond donors (Lipinski definition) is 0. The zero-order valence-corrected chi connectivity index (χ0v) is 10.5. The molecule has 1 aromatic rings. The molecule has 0 saturated carbocycles. The predicted octanol–water partition coefficient (Wildman–Crippen LogP) is 2.43. The summed E-state index contributed by atoms with van der Waals surface area (Å²) in [6.07, 6.45) is 3.17. The van der Waals surface area contributed by atoms with Gasteiger partial charge in [0.2, 0.25) is 6.29 Å². The van der Waals surface area contributed by atoms with Crippen LogP contribution in [-0.2, 0) is 0 Å². The molecule has 0 N–H and O–H groups in total. The van der Waals surface area contributed by atoms with Crippen molar-refractivity contribution in [3.8, 4) is 11.5 Å². The summed E-state index contributed by atoms with van der Waals surface area (Å²) in [4.78, 5) is 14.2. The first-order valence-corrected chi connectivity index (χ1v) is 6.51. The van der Waals surface area contributed by atoms with Crippen molar-refractivity contribution in [2.75, 3.05) is 13.1 Å². The van der Waals surface area contributed by atoms with Gasteiger partial charge in [-0.1, -0.05) is 0 Å². The number of rotatable bonds is 1. The summed E-state index contributed by atoms with van der Waals surface area (Å²) in [5.41, 5.74) is 0.688. The first-order valence-electron chi connectivity index (χ1n) is 6.51. The zero-order chi connectivity index (χ0) is 12.5. The largest absolute Gasteiger partial charge is 0.451 e. The Balaban J connectivity index is 1.80. The van der Waals surface area contributed by atoms with Crippen molar-refractivity contribution in [3.05, 3.63) is 23.8 Å². The Morgan fingerprint density at radius 3 is 2.67 bits per heavy atom. The van der Waals surface area contributed by atoms with Gasteiger partial charge in [0.1, 0.15) is 0 Å². The van der Waals surface area contributed by atoms with Crippen LogP contribution in [0.4, 0.5) is 0 Å². The van der Waals surface area contributed by atoms with E-state index in [2.05, 4.69) is 0 Å². The molecule has 0 radical (unpaired) electrons. The minimum atomic E-state index is -0.264. The highest BCUT2D eigenvalue weighted by molar-refractivity contribution is 5.95. The first kappa shape index (κ1) is 11.4. The SMILES string of the molecule is CC1Oc2ccc(C(=O)N3CCCCC3)cc2O1. The third kappa shape index (κ3) is 2.03. The minimum Gasteiger partial charge on any atom is -0.451 e. The van der Waals surface area contributed by atoms with Crippen LogP contribution in [0.1, 0.15) is 36.5 Å². The summed E-state index contributed by atoms with van der Waals surface area (Å²) in [5, 5.41) is 0. The number of fused-ring (bicyclic) bond motifs is 1. The molecule has 1 aromatic carbocycles. The van der Waals surface area contributed by atoms with Crippen LogP contribution in [0.25, 0.3) is 0 Å².